The number of nitrogens with zero attached hydrogens (tertiary/aromatic N) is 2. The van der Waals surface area contributed by atoms with E-state index < -0.39 is 12.1 Å². The van der Waals surface area contributed by atoms with Crippen LogP contribution in [0.25, 0.3) is 11.5 Å². The van der Waals surface area contributed by atoms with Crippen LogP contribution in [-0.4, -0.2) is 22.1 Å². The van der Waals surface area contributed by atoms with Crippen LogP contribution in [0.4, 0.5) is 5.69 Å². The second-order valence-electron chi connectivity index (χ2n) is 6.12. The van der Waals surface area contributed by atoms with E-state index in [-0.39, 0.29) is 11.8 Å². The zero-order valence-corrected chi connectivity index (χ0v) is 15.2. The Morgan fingerprint density at radius 3 is 2.33 bits per heavy atom. The topological polar surface area (TPSA) is 94.3 Å². The maximum atomic E-state index is 12.3. The molecule has 2 aromatic carbocycles. The molecule has 3 aromatic rings. The van der Waals surface area contributed by atoms with Gasteiger partial charge in [-0.15, -0.1) is 10.2 Å². The fraction of sp³-hybridized carbons (Fsp3) is 0.200. The number of carbonyl (C=O) groups excluding carboxylic acids is 2. The first-order valence-electron chi connectivity index (χ1n) is 8.41. The van der Waals surface area contributed by atoms with E-state index in [1.165, 1.54) is 6.92 Å². The molecule has 7 heteroatoms. The predicted octanol–water partition coefficient (Wildman–Crippen LogP) is 3.92. The van der Waals surface area contributed by atoms with E-state index in [2.05, 4.69) is 15.5 Å². The molecule has 0 bridgehead atoms. The van der Waals surface area contributed by atoms with E-state index in [4.69, 9.17) is 9.15 Å². The van der Waals surface area contributed by atoms with Gasteiger partial charge in [0.1, 0.15) is 0 Å². The molecule has 7 nitrogen and oxygen atoms in total. The van der Waals surface area contributed by atoms with Gasteiger partial charge in [0.25, 0.3) is 5.89 Å². The van der Waals surface area contributed by atoms with Crippen molar-refractivity contribution in [3.63, 3.8) is 0 Å². The number of hydrogen-bond donors (Lipinski definition) is 1. The van der Waals surface area contributed by atoms with Gasteiger partial charge in [0.15, 0.2) is 6.10 Å². The molecule has 0 radical (unpaired) electrons. The molecule has 1 N–H and O–H groups in total. The molecule has 0 unspecified atom stereocenters. The Bertz CT molecular complexity index is 946. The Morgan fingerprint density at radius 2 is 1.70 bits per heavy atom. The number of esters is 1. The quantitative estimate of drug-likeness (QED) is 0.689. The van der Waals surface area contributed by atoms with Gasteiger partial charge >= 0.3 is 5.97 Å². The van der Waals surface area contributed by atoms with Crippen LogP contribution in [0.1, 0.15) is 41.8 Å². The largest absolute Gasteiger partial charge is 0.449 e. The molecule has 1 aromatic heterocycles. The predicted molar refractivity (Wildman–Crippen MR) is 99.0 cm³/mol. The lowest BCUT2D eigenvalue weighted by molar-refractivity contribution is -0.114. The summed E-state index contributed by atoms with van der Waals surface area (Å²) in [5, 5.41) is 10.6. The molecule has 0 aliphatic carbocycles. The second kappa shape index (κ2) is 7.82. The number of anilines is 1. The van der Waals surface area contributed by atoms with E-state index in [1.807, 2.05) is 31.2 Å². The van der Waals surface area contributed by atoms with Gasteiger partial charge in [0, 0.05) is 18.2 Å². The van der Waals surface area contributed by atoms with Gasteiger partial charge in [0.2, 0.25) is 11.8 Å². The molecule has 0 fully saturated rings. The van der Waals surface area contributed by atoms with Crippen molar-refractivity contribution >= 4 is 17.6 Å². The van der Waals surface area contributed by atoms with Gasteiger partial charge in [-0.05, 0) is 50.2 Å². The summed E-state index contributed by atoms with van der Waals surface area (Å²) in [6, 6.07) is 14.1. The van der Waals surface area contributed by atoms with Crippen LogP contribution in [0.5, 0.6) is 0 Å². The maximum Gasteiger partial charge on any atom is 0.338 e. The maximum absolute atomic E-state index is 12.3. The number of hydrogen-bond acceptors (Lipinski definition) is 6. The molecule has 0 saturated heterocycles. The lowest BCUT2D eigenvalue weighted by atomic mass is 10.1. The normalized spacial score (nSPS) is 11.7. The number of ether oxygens (including phenoxy) is 1. The fourth-order valence-electron chi connectivity index (χ4n) is 2.38. The van der Waals surface area contributed by atoms with Crippen molar-refractivity contribution in [2.45, 2.75) is 26.9 Å². The Morgan fingerprint density at radius 1 is 1.04 bits per heavy atom. The Labute approximate surface area is 156 Å². The highest BCUT2D eigenvalue weighted by atomic mass is 16.6. The van der Waals surface area contributed by atoms with Gasteiger partial charge in [-0.1, -0.05) is 17.7 Å². The summed E-state index contributed by atoms with van der Waals surface area (Å²) in [7, 11) is 0. The van der Waals surface area contributed by atoms with Crippen LogP contribution < -0.4 is 5.32 Å². The van der Waals surface area contributed by atoms with E-state index in [9.17, 15) is 9.59 Å². The number of amides is 1. The van der Waals surface area contributed by atoms with Crippen molar-refractivity contribution in [2.24, 2.45) is 0 Å². The van der Waals surface area contributed by atoms with Crippen LogP contribution in [0, 0.1) is 6.92 Å². The summed E-state index contributed by atoms with van der Waals surface area (Å²) in [5.74, 6) is -0.118. The minimum atomic E-state index is -0.695. The fourth-order valence-corrected chi connectivity index (χ4v) is 2.38. The number of aromatic nitrogens is 2. The lowest BCUT2D eigenvalue weighted by Crippen LogP contribution is -2.10. The summed E-state index contributed by atoms with van der Waals surface area (Å²) in [6.45, 7) is 5.07. The van der Waals surface area contributed by atoms with Crippen LogP contribution in [0.15, 0.2) is 52.9 Å². The monoisotopic (exact) mass is 365 g/mol. The van der Waals surface area contributed by atoms with E-state index in [0.29, 0.717) is 17.1 Å². The number of carbonyl (C=O) groups is 2. The molecular weight excluding hydrogens is 346 g/mol. The van der Waals surface area contributed by atoms with Crippen LogP contribution in [0.3, 0.4) is 0 Å². The molecule has 27 heavy (non-hydrogen) atoms. The minimum absolute atomic E-state index is 0.181. The Kier molecular flexibility index (Phi) is 5.30. The van der Waals surface area contributed by atoms with Gasteiger partial charge < -0.3 is 14.5 Å². The first-order chi connectivity index (χ1) is 12.9. The highest BCUT2D eigenvalue weighted by molar-refractivity contribution is 5.92. The number of nitrogens with one attached hydrogen (secondary N) is 1. The average Bonchev–Trinajstić information content (AvgIpc) is 3.12. The average molecular weight is 365 g/mol. The standard InChI is InChI=1S/C20H19N3O4/c1-12-4-6-15(7-5-12)19-23-22-18(27-19)13(2)26-20(25)16-8-10-17(11-9-16)21-14(3)24/h4-11,13H,1-3H3,(H,21,24)/t13-/m1/s1. The lowest BCUT2D eigenvalue weighted by Gasteiger charge is -2.10. The molecule has 0 aliphatic rings. The first-order valence-corrected chi connectivity index (χ1v) is 8.41. The Balaban J connectivity index is 1.66. The second-order valence-corrected chi connectivity index (χ2v) is 6.12. The summed E-state index contributed by atoms with van der Waals surface area (Å²) in [5.41, 5.74) is 2.89. The Hall–Kier alpha value is -3.48. The molecule has 1 atom stereocenters. The molecule has 0 aliphatic heterocycles. The van der Waals surface area contributed by atoms with Crippen LogP contribution in [0.2, 0.25) is 0 Å². The zero-order valence-electron chi connectivity index (χ0n) is 15.2. The number of rotatable bonds is 5. The van der Waals surface area contributed by atoms with Crippen molar-refractivity contribution in [3.8, 4) is 11.5 Å². The van der Waals surface area contributed by atoms with Gasteiger partial charge in [-0.2, -0.15) is 0 Å². The first kappa shape index (κ1) is 18.3. The highest BCUT2D eigenvalue weighted by Crippen LogP contribution is 2.23. The van der Waals surface area contributed by atoms with Crippen molar-refractivity contribution < 1.29 is 18.7 Å². The summed E-state index contributed by atoms with van der Waals surface area (Å²) in [6.07, 6.45) is -0.695. The van der Waals surface area contributed by atoms with Crippen molar-refractivity contribution in [2.75, 3.05) is 5.32 Å². The van der Waals surface area contributed by atoms with Crippen molar-refractivity contribution in [3.05, 3.63) is 65.5 Å². The van der Waals surface area contributed by atoms with Crippen molar-refractivity contribution in [1.82, 2.24) is 10.2 Å². The van der Waals surface area contributed by atoms with Crippen molar-refractivity contribution in [1.29, 1.82) is 0 Å². The van der Waals surface area contributed by atoms with E-state index in [1.54, 1.807) is 31.2 Å². The van der Waals surface area contributed by atoms with Gasteiger partial charge in [-0.3, -0.25) is 4.79 Å². The minimum Gasteiger partial charge on any atom is -0.449 e. The molecular formula is C20H19N3O4. The number of benzene rings is 2. The molecule has 1 amide bonds. The summed E-state index contributed by atoms with van der Waals surface area (Å²) < 4.78 is 11.0. The van der Waals surface area contributed by atoms with Gasteiger partial charge in [0.05, 0.1) is 5.56 Å². The van der Waals surface area contributed by atoms with E-state index >= 15 is 0 Å². The molecule has 0 spiro atoms. The molecule has 0 saturated carbocycles. The third-order valence-corrected chi connectivity index (χ3v) is 3.81. The van der Waals surface area contributed by atoms with E-state index in [0.717, 1.165) is 11.1 Å². The van der Waals surface area contributed by atoms with Crippen LogP contribution in [-0.2, 0) is 9.53 Å². The summed E-state index contributed by atoms with van der Waals surface area (Å²) >= 11 is 0. The highest BCUT2D eigenvalue weighted by Gasteiger charge is 2.20. The molecule has 3 rings (SSSR count). The third kappa shape index (κ3) is 4.58. The third-order valence-electron chi connectivity index (χ3n) is 3.81. The van der Waals surface area contributed by atoms with Crippen LogP contribution >= 0.6 is 0 Å². The van der Waals surface area contributed by atoms with Gasteiger partial charge in [-0.25, -0.2) is 4.79 Å². The summed E-state index contributed by atoms with van der Waals surface area (Å²) in [4.78, 5) is 23.3. The smallest absolute Gasteiger partial charge is 0.338 e. The SMILES string of the molecule is CC(=O)Nc1ccc(C(=O)O[C@H](C)c2nnc(-c3ccc(C)cc3)o2)cc1. The zero-order chi connectivity index (χ0) is 19.4. The molecule has 138 valence electrons. The molecule has 1 heterocycles. The number of aryl methyl sites for hydroxylation is 1.